The highest BCUT2D eigenvalue weighted by Gasteiger charge is 2.55. The fourth-order valence-electron chi connectivity index (χ4n) is 4.63. The van der Waals surface area contributed by atoms with Crippen LogP contribution in [0.15, 0.2) is 48.8 Å². The van der Waals surface area contributed by atoms with E-state index in [1.165, 1.54) is 16.8 Å². The number of nitrogens with one attached hydrogen (secondary N) is 1. The Morgan fingerprint density at radius 2 is 1.93 bits per heavy atom. The minimum absolute atomic E-state index is 0.0261. The van der Waals surface area contributed by atoms with Crippen molar-refractivity contribution in [2.24, 2.45) is 17.8 Å². The number of aromatic nitrogens is 1. The van der Waals surface area contributed by atoms with Crippen LogP contribution in [-0.2, 0) is 4.79 Å². The molecule has 27 heavy (non-hydrogen) atoms. The molecule has 1 N–H and O–H groups in total. The van der Waals surface area contributed by atoms with Gasteiger partial charge < -0.3 is 10.2 Å². The fraction of sp³-hybridized carbons (Fsp3) is 0.391. The smallest absolute Gasteiger partial charge is 0.244 e. The van der Waals surface area contributed by atoms with Crippen LogP contribution in [0.3, 0.4) is 0 Å². The Morgan fingerprint density at radius 1 is 1.19 bits per heavy atom. The third-order valence-corrected chi connectivity index (χ3v) is 6.02. The van der Waals surface area contributed by atoms with Crippen LogP contribution < -0.4 is 10.2 Å². The van der Waals surface area contributed by atoms with E-state index in [1.807, 2.05) is 12.1 Å². The topological polar surface area (TPSA) is 45.2 Å². The quantitative estimate of drug-likeness (QED) is 0.800. The number of aryl methyl sites for hydroxylation is 2. The average molecular weight is 361 g/mol. The molecule has 4 rings (SSSR count). The van der Waals surface area contributed by atoms with Crippen molar-refractivity contribution in [1.82, 2.24) is 10.3 Å². The summed E-state index contributed by atoms with van der Waals surface area (Å²) >= 11 is 0. The molecule has 4 nitrogen and oxygen atoms in total. The van der Waals surface area contributed by atoms with Crippen LogP contribution in [0.5, 0.6) is 0 Å². The Bertz CT molecular complexity index is 814. The third-order valence-electron chi connectivity index (χ3n) is 6.02. The normalized spacial score (nSPS) is 23.5. The maximum Gasteiger partial charge on any atom is 0.244 e. The summed E-state index contributed by atoms with van der Waals surface area (Å²) in [6, 6.07) is 10.4. The molecule has 1 saturated heterocycles. The molecule has 2 aromatic rings. The molecular formula is C23H27N3O. The molecule has 0 bridgehead atoms. The van der Waals surface area contributed by atoms with Gasteiger partial charge in [0.15, 0.2) is 0 Å². The number of nitrogens with zero attached hydrogens (tertiary/aromatic N) is 2. The highest BCUT2D eigenvalue weighted by Crippen LogP contribution is 2.54. The first-order chi connectivity index (χ1) is 13.1. The molecule has 1 aliphatic carbocycles. The number of carbonyl (C=O) groups excluding carboxylic acids is 1. The predicted molar refractivity (Wildman–Crippen MR) is 109 cm³/mol. The highest BCUT2D eigenvalue weighted by atomic mass is 16.1. The molecule has 2 aliphatic rings. The third kappa shape index (κ3) is 3.90. The lowest BCUT2D eigenvalue weighted by molar-refractivity contribution is -0.116. The van der Waals surface area contributed by atoms with Gasteiger partial charge in [0, 0.05) is 43.8 Å². The van der Waals surface area contributed by atoms with E-state index in [4.69, 9.17) is 0 Å². The maximum absolute atomic E-state index is 12.0. The van der Waals surface area contributed by atoms with Crippen molar-refractivity contribution in [3.63, 3.8) is 0 Å². The van der Waals surface area contributed by atoms with Gasteiger partial charge in [0.1, 0.15) is 0 Å². The number of para-hydroxylation sites is 1. The summed E-state index contributed by atoms with van der Waals surface area (Å²) < 4.78 is 0. The standard InChI is InChI=1S/C23H27N3O/c1-16-5-3-6-17(2)23(16)26-14-20-19(21(20)15-26)10-12-25-22(27)9-8-18-7-4-11-24-13-18/h3-9,11,13,19-21H,10,12,14-15H2,1-2H3,(H,25,27)/b9-8+/t19?,20-,21+. The van der Waals surface area contributed by atoms with Gasteiger partial charge in [0.25, 0.3) is 0 Å². The van der Waals surface area contributed by atoms with Crippen molar-refractivity contribution < 1.29 is 4.79 Å². The lowest BCUT2D eigenvalue weighted by Crippen LogP contribution is -2.27. The average Bonchev–Trinajstić information content (AvgIpc) is 3.10. The Morgan fingerprint density at radius 3 is 2.59 bits per heavy atom. The summed E-state index contributed by atoms with van der Waals surface area (Å²) in [6.07, 6.45) is 7.95. The maximum atomic E-state index is 12.0. The van der Waals surface area contributed by atoms with E-state index >= 15 is 0 Å². The molecule has 1 aromatic carbocycles. The van der Waals surface area contributed by atoms with Gasteiger partial charge in [-0.15, -0.1) is 0 Å². The first kappa shape index (κ1) is 17.8. The zero-order valence-electron chi connectivity index (χ0n) is 16.1. The summed E-state index contributed by atoms with van der Waals surface area (Å²) in [6.45, 7) is 7.50. The zero-order valence-corrected chi connectivity index (χ0v) is 16.1. The molecule has 1 aromatic heterocycles. The van der Waals surface area contributed by atoms with Crippen LogP contribution in [-0.4, -0.2) is 30.5 Å². The molecule has 4 heteroatoms. The number of pyridine rings is 1. The number of benzene rings is 1. The van der Waals surface area contributed by atoms with Gasteiger partial charge in [-0.25, -0.2) is 0 Å². The number of amides is 1. The molecule has 1 unspecified atom stereocenters. The summed E-state index contributed by atoms with van der Waals surface area (Å²) in [5.41, 5.74) is 5.12. The Kier molecular flexibility index (Phi) is 4.97. The van der Waals surface area contributed by atoms with Gasteiger partial charge in [-0.2, -0.15) is 0 Å². The van der Waals surface area contributed by atoms with Gasteiger partial charge in [-0.1, -0.05) is 24.3 Å². The number of anilines is 1. The van der Waals surface area contributed by atoms with Crippen LogP contribution in [0, 0.1) is 31.6 Å². The van der Waals surface area contributed by atoms with Crippen molar-refractivity contribution in [3.8, 4) is 0 Å². The van der Waals surface area contributed by atoms with Crippen LogP contribution in [0.2, 0.25) is 0 Å². The second-order valence-electron chi connectivity index (χ2n) is 7.84. The molecule has 1 aliphatic heterocycles. The van der Waals surface area contributed by atoms with E-state index in [2.05, 4.69) is 47.2 Å². The monoisotopic (exact) mass is 361 g/mol. The zero-order chi connectivity index (χ0) is 18.8. The molecule has 2 fully saturated rings. The predicted octanol–water partition coefficient (Wildman–Crippen LogP) is 3.60. The van der Waals surface area contributed by atoms with Crippen molar-refractivity contribution >= 4 is 17.7 Å². The first-order valence-corrected chi connectivity index (χ1v) is 9.80. The molecule has 140 valence electrons. The van der Waals surface area contributed by atoms with E-state index < -0.39 is 0 Å². The van der Waals surface area contributed by atoms with Crippen molar-refractivity contribution in [2.75, 3.05) is 24.5 Å². The van der Waals surface area contributed by atoms with Crippen LogP contribution in [0.1, 0.15) is 23.1 Å². The first-order valence-electron chi connectivity index (χ1n) is 9.80. The van der Waals surface area contributed by atoms with Gasteiger partial charge in [0.05, 0.1) is 0 Å². The van der Waals surface area contributed by atoms with E-state index in [1.54, 1.807) is 24.5 Å². The van der Waals surface area contributed by atoms with Crippen LogP contribution >= 0.6 is 0 Å². The summed E-state index contributed by atoms with van der Waals surface area (Å²) in [7, 11) is 0. The van der Waals surface area contributed by atoms with Gasteiger partial charge in [-0.05, 0) is 66.9 Å². The molecule has 1 saturated carbocycles. The van der Waals surface area contributed by atoms with E-state index in [0.29, 0.717) is 0 Å². The van der Waals surface area contributed by atoms with E-state index in [-0.39, 0.29) is 5.91 Å². The highest BCUT2D eigenvalue weighted by molar-refractivity contribution is 5.91. The van der Waals surface area contributed by atoms with Gasteiger partial charge in [-0.3, -0.25) is 9.78 Å². The van der Waals surface area contributed by atoms with Crippen molar-refractivity contribution in [1.29, 1.82) is 0 Å². The number of carbonyl (C=O) groups is 1. The van der Waals surface area contributed by atoms with Gasteiger partial charge in [0.2, 0.25) is 5.91 Å². The summed E-state index contributed by atoms with van der Waals surface area (Å²) in [5.74, 6) is 2.34. The SMILES string of the molecule is Cc1cccc(C)c1N1C[C@@H]2C(CCNC(=O)/C=C/c3cccnc3)[C@@H]2C1. The molecule has 2 heterocycles. The molecular weight excluding hydrogens is 334 g/mol. The number of piperidine rings is 1. The lowest BCUT2D eigenvalue weighted by Gasteiger charge is -2.26. The molecule has 0 radical (unpaired) electrons. The van der Waals surface area contributed by atoms with Crippen LogP contribution in [0.4, 0.5) is 5.69 Å². The fourth-order valence-corrected chi connectivity index (χ4v) is 4.63. The van der Waals surface area contributed by atoms with Crippen molar-refractivity contribution in [2.45, 2.75) is 20.3 Å². The lowest BCUT2D eigenvalue weighted by atomic mass is 10.1. The minimum Gasteiger partial charge on any atom is -0.371 e. The van der Waals surface area contributed by atoms with E-state index in [0.717, 1.165) is 49.4 Å². The second kappa shape index (κ2) is 7.55. The van der Waals surface area contributed by atoms with E-state index in [9.17, 15) is 4.79 Å². The summed E-state index contributed by atoms with van der Waals surface area (Å²) in [5, 5.41) is 3.01. The second-order valence-corrected chi connectivity index (χ2v) is 7.84. The molecule has 1 amide bonds. The minimum atomic E-state index is -0.0261. The number of hydrogen-bond acceptors (Lipinski definition) is 3. The molecule has 0 spiro atoms. The van der Waals surface area contributed by atoms with Crippen molar-refractivity contribution in [3.05, 3.63) is 65.5 Å². The molecule has 3 atom stereocenters. The Balaban J connectivity index is 1.21. The Labute approximate surface area is 161 Å². The largest absolute Gasteiger partial charge is 0.371 e. The van der Waals surface area contributed by atoms with Crippen LogP contribution in [0.25, 0.3) is 6.08 Å². The number of hydrogen-bond donors (Lipinski definition) is 1. The summed E-state index contributed by atoms with van der Waals surface area (Å²) in [4.78, 5) is 18.6. The van der Waals surface area contributed by atoms with Gasteiger partial charge >= 0.3 is 0 Å². The number of rotatable bonds is 6. The number of fused-ring (bicyclic) bond motifs is 1. The Hall–Kier alpha value is -2.62.